The molecule has 19 heavy (non-hydrogen) atoms. The van der Waals surface area contributed by atoms with Gasteiger partial charge in [-0.15, -0.1) is 0 Å². The van der Waals surface area contributed by atoms with Gasteiger partial charge in [-0.25, -0.2) is 0 Å². The molecule has 0 amide bonds. The van der Waals surface area contributed by atoms with E-state index in [0.29, 0.717) is 12.6 Å². The number of hydrogen-bond donors (Lipinski definition) is 2. The van der Waals surface area contributed by atoms with Crippen LogP contribution in [0.2, 0.25) is 0 Å². The maximum absolute atomic E-state index is 10.1. The highest BCUT2D eigenvalue weighted by Gasteiger charge is 2.22. The highest BCUT2D eigenvalue weighted by atomic mass is 16.5. The van der Waals surface area contributed by atoms with E-state index in [4.69, 9.17) is 4.74 Å². The number of rotatable bonds is 10. The molecule has 0 aromatic rings. The van der Waals surface area contributed by atoms with Crippen LogP contribution < -0.4 is 5.32 Å². The topological polar surface area (TPSA) is 44.7 Å². The third-order valence-corrected chi connectivity index (χ3v) is 3.73. The minimum absolute atomic E-state index is 0.349. The molecular formula is C15H32N2O2. The van der Waals surface area contributed by atoms with Crippen molar-refractivity contribution in [3.63, 3.8) is 0 Å². The van der Waals surface area contributed by atoms with Gasteiger partial charge in [0.1, 0.15) is 0 Å². The zero-order chi connectivity index (χ0) is 13.9. The van der Waals surface area contributed by atoms with E-state index in [2.05, 4.69) is 24.1 Å². The molecule has 4 heteroatoms. The normalized spacial score (nSPS) is 18.9. The Bertz CT molecular complexity index is 208. The second-order valence-electron chi connectivity index (χ2n) is 5.56. The summed E-state index contributed by atoms with van der Waals surface area (Å²) in [6, 6.07) is 0.631. The van der Waals surface area contributed by atoms with Crippen LogP contribution in [0, 0.1) is 0 Å². The van der Waals surface area contributed by atoms with Crippen molar-refractivity contribution in [1.82, 2.24) is 10.2 Å². The summed E-state index contributed by atoms with van der Waals surface area (Å²) in [6.45, 7) is 9.65. The quantitative estimate of drug-likeness (QED) is 0.593. The minimum Gasteiger partial charge on any atom is -0.389 e. The van der Waals surface area contributed by atoms with Crippen molar-refractivity contribution in [3.05, 3.63) is 0 Å². The fraction of sp³-hybridized carbons (Fsp3) is 1.00. The first kappa shape index (κ1) is 16.9. The average molecular weight is 272 g/mol. The third-order valence-electron chi connectivity index (χ3n) is 3.73. The summed E-state index contributed by atoms with van der Waals surface area (Å²) in [6.07, 6.45) is 5.42. The third kappa shape index (κ3) is 7.25. The summed E-state index contributed by atoms with van der Waals surface area (Å²) in [7, 11) is 0. The van der Waals surface area contributed by atoms with Gasteiger partial charge in [-0.1, -0.05) is 20.3 Å². The summed E-state index contributed by atoms with van der Waals surface area (Å²) in [5.74, 6) is 0. The number of aliphatic hydroxyl groups is 1. The molecule has 1 rings (SSSR count). The molecule has 0 bridgehead atoms. The van der Waals surface area contributed by atoms with Crippen molar-refractivity contribution in [2.24, 2.45) is 0 Å². The van der Waals surface area contributed by atoms with Crippen molar-refractivity contribution in [1.29, 1.82) is 0 Å². The molecule has 0 radical (unpaired) electrons. The number of nitrogens with zero attached hydrogens (tertiary/aromatic N) is 1. The lowest BCUT2D eigenvalue weighted by Crippen LogP contribution is -2.47. The highest BCUT2D eigenvalue weighted by Crippen LogP contribution is 2.13. The van der Waals surface area contributed by atoms with E-state index in [0.717, 1.165) is 52.0 Å². The first-order chi connectivity index (χ1) is 9.27. The second kappa shape index (κ2) is 10.6. The van der Waals surface area contributed by atoms with Gasteiger partial charge in [0.15, 0.2) is 0 Å². The van der Waals surface area contributed by atoms with E-state index in [1.165, 1.54) is 12.8 Å². The van der Waals surface area contributed by atoms with Crippen LogP contribution in [0.3, 0.4) is 0 Å². The molecule has 1 aliphatic rings. The molecule has 0 aromatic carbocycles. The first-order valence-electron chi connectivity index (χ1n) is 7.98. The lowest BCUT2D eigenvalue weighted by atomic mass is 10.0. The van der Waals surface area contributed by atoms with Gasteiger partial charge in [-0.3, -0.25) is 4.90 Å². The molecule has 0 spiro atoms. The first-order valence-corrected chi connectivity index (χ1v) is 7.98. The van der Waals surface area contributed by atoms with Gasteiger partial charge < -0.3 is 15.2 Å². The van der Waals surface area contributed by atoms with Crippen molar-refractivity contribution in [2.75, 3.05) is 39.4 Å². The molecule has 114 valence electrons. The molecular weight excluding hydrogens is 240 g/mol. The predicted molar refractivity (Wildman–Crippen MR) is 79.5 cm³/mol. The molecule has 0 saturated carbocycles. The number of unbranched alkanes of at least 4 members (excludes halogenated alkanes) is 1. The van der Waals surface area contributed by atoms with Crippen LogP contribution in [-0.2, 0) is 4.74 Å². The van der Waals surface area contributed by atoms with E-state index in [-0.39, 0.29) is 6.10 Å². The molecule has 1 fully saturated rings. The number of aliphatic hydroxyl groups excluding tert-OH is 1. The maximum Gasteiger partial charge on any atom is 0.0900 e. The van der Waals surface area contributed by atoms with Crippen LogP contribution in [0.25, 0.3) is 0 Å². The lowest BCUT2D eigenvalue weighted by molar-refractivity contribution is 0.00456. The molecule has 0 aromatic heterocycles. The Hall–Kier alpha value is -0.160. The summed E-state index contributed by atoms with van der Waals surface area (Å²) in [4.78, 5) is 2.45. The summed E-state index contributed by atoms with van der Waals surface area (Å²) >= 11 is 0. The van der Waals surface area contributed by atoms with E-state index in [1.54, 1.807) is 0 Å². The number of nitrogens with one attached hydrogen (secondary N) is 1. The molecule has 1 saturated heterocycles. The highest BCUT2D eigenvalue weighted by molar-refractivity contribution is 4.79. The van der Waals surface area contributed by atoms with Gasteiger partial charge in [-0.05, 0) is 45.3 Å². The summed E-state index contributed by atoms with van der Waals surface area (Å²) in [5, 5.41) is 13.5. The van der Waals surface area contributed by atoms with Crippen molar-refractivity contribution >= 4 is 0 Å². The van der Waals surface area contributed by atoms with Crippen molar-refractivity contribution in [3.8, 4) is 0 Å². The number of hydrogen-bond acceptors (Lipinski definition) is 4. The standard InChI is InChI=1S/C15H32N2O2/c1-3-5-11-19-13-15(18)12-17(10-4-2)14-6-8-16-9-7-14/h14-16,18H,3-13H2,1-2H3. The van der Waals surface area contributed by atoms with Crippen LogP contribution in [-0.4, -0.2) is 61.5 Å². The number of piperidine rings is 1. The Kier molecular flexibility index (Phi) is 9.43. The van der Waals surface area contributed by atoms with Crippen LogP contribution in [0.5, 0.6) is 0 Å². The zero-order valence-electron chi connectivity index (χ0n) is 12.7. The van der Waals surface area contributed by atoms with Gasteiger partial charge in [0.25, 0.3) is 0 Å². The SMILES string of the molecule is CCCCOCC(O)CN(CCC)C1CCNCC1. The van der Waals surface area contributed by atoms with Gasteiger partial charge in [0.05, 0.1) is 12.7 Å². The van der Waals surface area contributed by atoms with Crippen LogP contribution >= 0.6 is 0 Å². The van der Waals surface area contributed by atoms with Crippen molar-refractivity contribution < 1.29 is 9.84 Å². The fourth-order valence-electron chi connectivity index (χ4n) is 2.67. The largest absolute Gasteiger partial charge is 0.389 e. The predicted octanol–water partition coefficient (Wildman–Crippen LogP) is 1.63. The Balaban J connectivity index is 2.26. The summed E-state index contributed by atoms with van der Waals surface area (Å²) < 4.78 is 5.51. The van der Waals surface area contributed by atoms with Crippen molar-refractivity contribution in [2.45, 2.75) is 58.1 Å². The Morgan fingerprint density at radius 3 is 2.63 bits per heavy atom. The van der Waals surface area contributed by atoms with Crippen LogP contribution in [0.1, 0.15) is 46.0 Å². The van der Waals surface area contributed by atoms with E-state index >= 15 is 0 Å². The molecule has 1 unspecified atom stereocenters. The van der Waals surface area contributed by atoms with E-state index < -0.39 is 0 Å². The average Bonchev–Trinajstić information content (AvgIpc) is 2.44. The van der Waals surface area contributed by atoms with Crippen LogP contribution in [0.4, 0.5) is 0 Å². The zero-order valence-corrected chi connectivity index (χ0v) is 12.7. The molecule has 2 N–H and O–H groups in total. The fourth-order valence-corrected chi connectivity index (χ4v) is 2.67. The van der Waals surface area contributed by atoms with E-state index in [9.17, 15) is 5.11 Å². The second-order valence-corrected chi connectivity index (χ2v) is 5.56. The monoisotopic (exact) mass is 272 g/mol. The molecule has 4 nitrogen and oxygen atoms in total. The van der Waals surface area contributed by atoms with Gasteiger partial charge in [0.2, 0.25) is 0 Å². The van der Waals surface area contributed by atoms with Gasteiger partial charge in [0, 0.05) is 19.2 Å². The summed E-state index contributed by atoms with van der Waals surface area (Å²) in [5.41, 5.74) is 0. The molecule has 1 heterocycles. The van der Waals surface area contributed by atoms with Gasteiger partial charge in [-0.2, -0.15) is 0 Å². The molecule has 1 aliphatic heterocycles. The Labute approximate surface area is 118 Å². The Morgan fingerprint density at radius 2 is 2.00 bits per heavy atom. The minimum atomic E-state index is -0.349. The Morgan fingerprint density at radius 1 is 1.26 bits per heavy atom. The van der Waals surface area contributed by atoms with Gasteiger partial charge >= 0.3 is 0 Å². The molecule has 1 atom stereocenters. The maximum atomic E-state index is 10.1. The number of ether oxygens (including phenoxy) is 1. The van der Waals surface area contributed by atoms with E-state index in [1.807, 2.05) is 0 Å². The smallest absolute Gasteiger partial charge is 0.0900 e. The lowest BCUT2D eigenvalue weighted by Gasteiger charge is -2.35. The van der Waals surface area contributed by atoms with Crippen LogP contribution in [0.15, 0.2) is 0 Å². The molecule has 0 aliphatic carbocycles.